The van der Waals surface area contributed by atoms with Crippen molar-refractivity contribution in [3.63, 3.8) is 0 Å². The molecule has 0 unspecified atom stereocenters. The second kappa shape index (κ2) is 40.0. The Labute approximate surface area is 258 Å². The van der Waals surface area contributed by atoms with Gasteiger partial charge < -0.3 is 88.4 Å². The third-order valence-electron chi connectivity index (χ3n) is 5.22. The minimum atomic E-state index is 0. The van der Waals surface area contributed by atoms with E-state index in [-0.39, 0.29) is 102 Å². The van der Waals surface area contributed by atoms with Crippen LogP contribution in [0, 0.1) is 0 Å². The molecule has 2 N–H and O–H groups in total. The molecule has 0 aliphatic rings. The van der Waals surface area contributed by atoms with E-state index in [9.17, 15) is 0 Å². The maximum atomic E-state index is 3.75. The van der Waals surface area contributed by atoms with Crippen LogP contribution in [-0.2, 0) is 34.1 Å². The molecule has 2 radical (unpaired) electrons. The Morgan fingerprint density at radius 1 is 0.548 bits per heavy atom. The van der Waals surface area contributed by atoms with Crippen molar-refractivity contribution in [1.29, 1.82) is 0 Å². The maximum Gasteiger partial charge on any atom is 2.00 e. The molecule has 0 atom stereocenters. The van der Waals surface area contributed by atoms with E-state index >= 15 is 0 Å². The van der Waals surface area contributed by atoms with Crippen LogP contribution in [0.15, 0.2) is 0 Å². The van der Waals surface area contributed by atoms with Gasteiger partial charge in [0, 0.05) is 0 Å². The molecule has 31 heavy (non-hydrogen) atoms. The van der Waals surface area contributed by atoms with Crippen molar-refractivity contribution in [2.45, 2.75) is 85.7 Å². The Balaban J connectivity index is -0.000000192. The SMILES string of the molecule is CCCCC(NCCCC[15N](CC)CC)NCCCC[15N](CC)CC.[Br-].[Br-].[Br-].[Br-].[Cu+2].[Cu+2]. The van der Waals surface area contributed by atoms with Crippen LogP contribution in [0.5, 0.6) is 0 Å². The van der Waals surface area contributed by atoms with Gasteiger partial charge in [-0.05, 0) is 84.5 Å². The summed E-state index contributed by atoms with van der Waals surface area (Å²) >= 11 is 0. The third kappa shape index (κ3) is 32.8. The van der Waals surface area contributed by atoms with Gasteiger partial charge in [-0.3, -0.25) is 0 Å². The Bertz CT molecular complexity index is 258. The van der Waals surface area contributed by atoms with Gasteiger partial charge in [-0.15, -0.1) is 0 Å². The van der Waals surface area contributed by atoms with Gasteiger partial charge in [0.1, 0.15) is 0 Å². The van der Waals surface area contributed by atoms with Gasteiger partial charge in [0.15, 0.2) is 0 Å². The van der Waals surface area contributed by atoms with Crippen LogP contribution in [0.3, 0.4) is 0 Å². The Morgan fingerprint density at radius 3 is 1.19 bits per heavy atom. The molecule has 10 heteroatoms. The molecule has 0 amide bonds. The first-order valence-electron chi connectivity index (χ1n) is 11.1. The summed E-state index contributed by atoms with van der Waals surface area (Å²) in [6.45, 7) is 20.8. The minimum absolute atomic E-state index is 0. The van der Waals surface area contributed by atoms with Crippen LogP contribution in [0.25, 0.3) is 0 Å². The van der Waals surface area contributed by atoms with E-state index in [1.54, 1.807) is 0 Å². The van der Waals surface area contributed by atoms with Gasteiger partial charge in [0.2, 0.25) is 0 Å². The maximum absolute atomic E-state index is 3.75. The zero-order chi connectivity index (χ0) is 18.8. The van der Waals surface area contributed by atoms with E-state index < -0.39 is 0 Å². The van der Waals surface area contributed by atoms with Gasteiger partial charge in [-0.2, -0.15) is 0 Å². The number of hydrogen-bond acceptors (Lipinski definition) is 4. The van der Waals surface area contributed by atoms with Crippen LogP contribution in [0.4, 0.5) is 0 Å². The van der Waals surface area contributed by atoms with Crippen molar-refractivity contribution in [2.75, 3.05) is 52.4 Å². The topological polar surface area (TPSA) is 30.5 Å². The summed E-state index contributed by atoms with van der Waals surface area (Å²) in [7, 11) is 0. The largest absolute Gasteiger partial charge is 2.00 e. The fraction of sp³-hybridized carbons (Fsp3) is 1.00. The summed E-state index contributed by atoms with van der Waals surface area (Å²) in [6, 6.07) is 0. The van der Waals surface area contributed by atoms with E-state index in [1.807, 2.05) is 0 Å². The zero-order valence-corrected chi connectivity index (χ0v) is 28.4. The molecule has 0 aromatic heterocycles. The van der Waals surface area contributed by atoms with E-state index in [4.69, 9.17) is 0 Å². The number of rotatable bonds is 19. The molecule has 202 valence electrons. The first-order valence-corrected chi connectivity index (χ1v) is 11.1. The standard InChI is InChI=1S/C21H48N4.4BrH.2Cu/c1-6-11-16-21(22-17-12-14-19-24(7-2)8-3)23-18-13-15-20-25(9-4)10-5;;;;;;/h21-23H,6-20H2,1-5H3;4*1H;;/q;;;;;2*+2/p-4/i24+1,25+1;;;;;;. The molecule has 0 rings (SSSR count). The van der Waals surface area contributed by atoms with Crippen molar-refractivity contribution in [3.8, 4) is 0 Å². The van der Waals surface area contributed by atoms with Crippen LogP contribution >= 0.6 is 0 Å². The monoisotopic (exact) mass is 800 g/mol. The van der Waals surface area contributed by atoms with Crippen LogP contribution < -0.4 is 78.6 Å². The van der Waals surface area contributed by atoms with E-state index in [0.29, 0.717) is 6.17 Å². The average Bonchev–Trinajstić information content (AvgIpc) is 2.64. The summed E-state index contributed by atoms with van der Waals surface area (Å²) in [4.78, 5) is 5.03. The van der Waals surface area contributed by atoms with Crippen LogP contribution in [0.1, 0.15) is 79.6 Å². The van der Waals surface area contributed by atoms with Crippen molar-refractivity contribution in [2.24, 2.45) is 0 Å². The Kier molecular flexibility index (Phi) is 65.3. The average molecular weight is 805 g/mol. The summed E-state index contributed by atoms with van der Waals surface area (Å²) < 4.78 is 0. The smallest absolute Gasteiger partial charge is 1.00 e. The molecule has 0 aromatic rings. The molecule has 0 saturated heterocycles. The molecule has 0 aromatic carbocycles. The summed E-state index contributed by atoms with van der Waals surface area (Å²) in [5.41, 5.74) is 0. The first-order chi connectivity index (χ1) is 12.2. The normalized spacial score (nSPS) is 9.68. The van der Waals surface area contributed by atoms with E-state index in [1.165, 1.54) is 84.2 Å². The Morgan fingerprint density at radius 2 is 0.903 bits per heavy atom. The van der Waals surface area contributed by atoms with Crippen molar-refractivity contribution in [1.82, 2.24) is 20.4 Å². The minimum Gasteiger partial charge on any atom is -1.00 e. The molecule has 0 heterocycles. The number of halogens is 4. The van der Waals surface area contributed by atoms with Gasteiger partial charge in [0.25, 0.3) is 0 Å². The van der Waals surface area contributed by atoms with Crippen molar-refractivity contribution < 1.29 is 102 Å². The first kappa shape index (κ1) is 50.6. The predicted molar refractivity (Wildman–Crippen MR) is 113 cm³/mol. The van der Waals surface area contributed by atoms with Crippen molar-refractivity contribution in [3.05, 3.63) is 0 Å². The van der Waals surface area contributed by atoms with Gasteiger partial charge >= 0.3 is 34.1 Å². The zero-order valence-electron chi connectivity index (χ0n) is 20.2. The number of nitrogens with one attached hydrogen (secondary N) is 2. The predicted octanol–water partition coefficient (Wildman–Crippen LogP) is -8.06. The second-order valence-corrected chi connectivity index (χ2v) is 7.07. The molecule has 0 spiro atoms. The van der Waals surface area contributed by atoms with Gasteiger partial charge in [0.05, 0.1) is 6.17 Å². The quantitative estimate of drug-likeness (QED) is 0.0589. The summed E-state index contributed by atoms with van der Waals surface area (Å²) in [6.07, 6.45) is 9.52. The molecular formula is C21H48Br4Cu2N4. The molecule has 0 bridgehead atoms. The second-order valence-electron chi connectivity index (χ2n) is 7.07. The molecule has 0 aliphatic carbocycles. The number of nitrogens with zero attached hydrogens (tertiary/aromatic N) is 2. The van der Waals surface area contributed by atoms with Crippen molar-refractivity contribution >= 4 is 0 Å². The molecular weight excluding hydrogens is 757 g/mol. The molecule has 0 aliphatic heterocycles. The molecule has 0 saturated carbocycles. The summed E-state index contributed by atoms with van der Waals surface area (Å²) in [5, 5.41) is 7.49. The number of hydrogen-bond donors (Lipinski definition) is 2. The van der Waals surface area contributed by atoms with E-state index in [2.05, 4.69) is 55.1 Å². The van der Waals surface area contributed by atoms with Gasteiger partial charge in [-0.25, -0.2) is 0 Å². The summed E-state index contributed by atoms with van der Waals surface area (Å²) in [5.74, 6) is 0. The molecule has 4 nitrogen and oxygen atoms in total. The van der Waals surface area contributed by atoms with Crippen LogP contribution in [0.2, 0.25) is 0 Å². The third-order valence-corrected chi connectivity index (χ3v) is 5.22. The number of unbranched alkanes of at least 4 members (excludes halogenated alkanes) is 3. The fourth-order valence-corrected chi connectivity index (χ4v) is 3.24. The van der Waals surface area contributed by atoms with E-state index in [0.717, 1.165) is 13.1 Å². The van der Waals surface area contributed by atoms with Crippen LogP contribution in [-0.4, -0.2) is 68.3 Å². The van der Waals surface area contributed by atoms with Gasteiger partial charge in [-0.1, -0.05) is 47.5 Å². The molecule has 0 fully saturated rings. The Hall–Kier alpha value is 2.80. The fourth-order valence-electron chi connectivity index (χ4n) is 3.24.